The Bertz CT molecular complexity index is 607. The third kappa shape index (κ3) is 5.40. The number of thiol groups is 1. The van der Waals surface area contributed by atoms with Crippen molar-refractivity contribution < 1.29 is 27.5 Å². The van der Waals surface area contributed by atoms with Gasteiger partial charge in [0.05, 0.1) is 23.3 Å². The zero-order valence-electron chi connectivity index (χ0n) is 13.0. The second kappa shape index (κ2) is 8.75. The lowest BCUT2D eigenvalue weighted by atomic mass is 10.3. The standard InChI is InChI=1S/C13H17BrF3N3O3S/c1-3-23-12(22)8(6-24)18-9(21)4-5-20-7(2)10(14)11(19-20)13(15,16)17/h8,24H,3-6H2,1-2H3,(H,18,21)/t8-/m0/s1. The lowest BCUT2D eigenvalue weighted by Gasteiger charge is -2.15. The van der Waals surface area contributed by atoms with Crippen LogP contribution in [0.5, 0.6) is 0 Å². The van der Waals surface area contributed by atoms with Crippen molar-refractivity contribution in [3.63, 3.8) is 0 Å². The van der Waals surface area contributed by atoms with E-state index >= 15 is 0 Å². The molecule has 0 radical (unpaired) electrons. The number of halogens is 4. The van der Waals surface area contributed by atoms with Crippen LogP contribution >= 0.6 is 28.6 Å². The fourth-order valence-corrected chi connectivity index (χ4v) is 2.57. The first-order valence-corrected chi connectivity index (χ1v) is 8.41. The van der Waals surface area contributed by atoms with E-state index in [2.05, 4.69) is 39.0 Å². The molecule has 1 rings (SSSR count). The van der Waals surface area contributed by atoms with Crippen molar-refractivity contribution in [2.75, 3.05) is 12.4 Å². The maximum absolute atomic E-state index is 12.8. The van der Waals surface area contributed by atoms with E-state index in [4.69, 9.17) is 4.74 Å². The van der Waals surface area contributed by atoms with E-state index in [1.54, 1.807) is 6.92 Å². The Morgan fingerprint density at radius 3 is 2.54 bits per heavy atom. The highest BCUT2D eigenvalue weighted by Gasteiger charge is 2.37. The average molecular weight is 432 g/mol. The van der Waals surface area contributed by atoms with E-state index in [0.29, 0.717) is 0 Å². The molecule has 1 N–H and O–H groups in total. The van der Waals surface area contributed by atoms with Crippen LogP contribution in [0.2, 0.25) is 0 Å². The first kappa shape index (κ1) is 20.8. The molecule has 136 valence electrons. The number of esters is 1. The van der Waals surface area contributed by atoms with E-state index in [1.807, 2.05) is 0 Å². The maximum atomic E-state index is 12.8. The molecule has 6 nitrogen and oxygen atoms in total. The van der Waals surface area contributed by atoms with Gasteiger partial charge in [0, 0.05) is 12.2 Å². The van der Waals surface area contributed by atoms with Gasteiger partial charge in [0.15, 0.2) is 5.69 Å². The number of hydrogen-bond donors (Lipinski definition) is 2. The van der Waals surface area contributed by atoms with Crippen LogP contribution in [0.3, 0.4) is 0 Å². The van der Waals surface area contributed by atoms with Gasteiger partial charge < -0.3 is 10.1 Å². The molecule has 0 saturated heterocycles. The number of alkyl halides is 3. The summed E-state index contributed by atoms with van der Waals surface area (Å²) in [4.78, 5) is 23.4. The van der Waals surface area contributed by atoms with Gasteiger partial charge in [0.25, 0.3) is 0 Å². The normalized spacial score (nSPS) is 12.8. The highest BCUT2D eigenvalue weighted by Crippen LogP contribution is 2.35. The number of nitrogens with zero attached hydrogens (tertiary/aromatic N) is 2. The lowest BCUT2D eigenvalue weighted by molar-refractivity contribution is -0.146. The van der Waals surface area contributed by atoms with Gasteiger partial charge in [-0.05, 0) is 29.8 Å². The summed E-state index contributed by atoms with van der Waals surface area (Å²) >= 11 is 6.82. The Hall–Kier alpha value is -1.23. The Morgan fingerprint density at radius 1 is 1.46 bits per heavy atom. The molecule has 0 unspecified atom stereocenters. The Labute approximate surface area is 150 Å². The molecule has 0 saturated carbocycles. The zero-order chi connectivity index (χ0) is 18.5. The quantitative estimate of drug-likeness (QED) is 0.513. The predicted molar refractivity (Wildman–Crippen MR) is 86.7 cm³/mol. The number of aromatic nitrogens is 2. The highest BCUT2D eigenvalue weighted by atomic mass is 79.9. The summed E-state index contributed by atoms with van der Waals surface area (Å²) in [6.45, 7) is 3.19. The Kier molecular flexibility index (Phi) is 7.58. The second-order valence-corrected chi connectivity index (χ2v) is 5.93. The molecule has 1 amide bonds. The van der Waals surface area contributed by atoms with Crippen LogP contribution in [-0.2, 0) is 27.0 Å². The van der Waals surface area contributed by atoms with Crippen molar-refractivity contribution in [2.45, 2.75) is 39.0 Å². The number of hydrogen-bond acceptors (Lipinski definition) is 5. The van der Waals surface area contributed by atoms with Crippen LogP contribution in [0.4, 0.5) is 13.2 Å². The molecule has 1 aromatic rings. The topological polar surface area (TPSA) is 73.2 Å². The van der Waals surface area contributed by atoms with Gasteiger partial charge in [0.2, 0.25) is 5.91 Å². The van der Waals surface area contributed by atoms with E-state index in [9.17, 15) is 22.8 Å². The summed E-state index contributed by atoms with van der Waals surface area (Å²) in [5.41, 5.74) is -0.786. The minimum absolute atomic E-state index is 0.0507. The molecule has 0 aliphatic heterocycles. The van der Waals surface area contributed by atoms with E-state index in [0.717, 1.165) is 4.68 Å². The molecule has 1 aromatic heterocycles. The van der Waals surface area contributed by atoms with Gasteiger partial charge in [-0.25, -0.2) is 4.79 Å². The summed E-state index contributed by atoms with van der Waals surface area (Å²) in [6.07, 6.45) is -4.73. The molecule has 0 aromatic carbocycles. The maximum Gasteiger partial charge on any atom is 0.436 e. The molecule has 0 bridgehead atoms. The lowest BCUT2D eigenvalue weighted by Crippen LogP contribution is -2.43. The van der Waals surface area contributed by atoms with Crippen LogP contribution in [-0.4, -0.2) is 40.1 Å². The Morgan fingerprint density at radius 2 is 2.08 bits per heavy atom. The highest BCUT2D eigenvalue weighted by molar-refractivity contribution is 9.10. The molecule has 0 fully saturated rings. The van der Waals surface area contributed by atoms with Gasteiger partial charge >= 0.3 is 12.1 Å². The first-order valence-electron chi connectivity index (χ1n) is 6.98. The Balaban J connectivity index is 2.69. The molecular weight excluding hydrogens is 415 g/mol. The molecule has 1 heterocycles. The van der Waals surface area contributed by atoms with Crippen molar-refractivity contribution in [1.82, 2.24) is 15.1 Å². The van der Waals surface area contributed by atoms with Crippen molar-refractivity contribution >= 4 is 40.4 Å². The second-order valence-electron chi connectivity index (χ2n) is 4.77. The first-order chi connectivity index (χ1) is 11.1. The summed E-state index contributed by atoms with van der Waals surface area (Å²) in [5, 5.41) is 5.90. The van der Waals surface area contributed by atoms with Crippen molar-refractivity contribution in [2.24, 2.45) is 0 Å². The van der Waals surface area contributed by atoms with Gasteiger partial charge in [-0.1, -0.05) is 0 Å². The van der Waals surface area contributed by atoms with E-state index in [-0.39, 0.29) is 35.5 Å². The third-order valence-corrected chi connectivity index (χ3v) is 4.36. The van der Waals surface area contributed by atoms with Crippen molar-refractivity contribution in [3.8, 4) is 0 Å². The van der Waals surface area contributed by atoms with Crippen LogP contribution < -0.4 is 5.32 Å². The van der Waals surface area contributed by atoms with Crippen LogP contribution in [0.1, 0.15) is 24.7 Å². The minimum atomic E-state index is -4.59. The van der Waals surface area contributed by atoms with Gasteiger partial charge in [-0.15, -0.1) is 0 Å². The molecule has 0 aliphatic rings. The van der Waals surface area contributed by atoms with Crippen LogP contribution in [0, 0.1) is 6.92 Å². The zero-order valence-corrected chi connectivity index (χ0v) is 15.5. The summed E-state index contributed by atoms with van der Waals surface area (Å²) in [6, 6.07) is -0.906. The van der Waals surface area contributed by atoms with E-state index < -0.39 is 29.8 Å². The van der Waals surface area contributed by atoms with Crippen molar-refractivity contribution in [3.05, 3.63) is 15.9 Å². The summed E-state index contributed by atoms with van der Waals surface area (Å²) < 4.78 is 44.0. The fraction of sp³-hybridized carbons (Fsp3) is 0.615. The molecule has 0 spiro atoms. The third-order valence-electron chi connectivity index (χ3n) is 3.04. The van der Waals surface area contributed by atoms with Crippen LogP contribution in [0.15, 0.2) is 4.47 Å². The molecular formula is C13H17BrF3N3O3S. The number of rotatable bonds is 7. The van der Waals surface area contributed by atoms with Crippen molar-refractivity contribution in [1.29, 1.82) is 0 Å². The molecule has 11 heteroatoms. The number of nitrogens with one attached hydrogen (secondary N) is 1. The number of ether oxygens (including phenoxy) is 1. The number of aryl methyl sites for hydroxylation is 1. The summed E-state index contributed by atoms with van der Waals surface area (Å²) in [7, 11) is 0. The molecule has 0 aliphatic carbocycles. The molecule has 24 heavy (non-hydrogen) atoms. The number of carbonyl (C=O) groups is 2. The number of amides is 1. The summed E-state index contributed by atoms with van der Waals surface area (Å²) in [5.74, 6) is -1.07. The monoisotopic (exact) mass is 431 g/mol. The smallest absolute Gasteiger partial charge is 0.436 e. The number of carbonyl (C=O) groups excluding carboxylic acids is 2. The molecule has 1 atom stereocenters. The van der Waals surface area contributed by atoms with Gasteiger partial charge in [-0.2, -0.15) is 30.9 Å². The van der Waals surface area contributed by atoms with Gasteiger partial charge in [-0.3, -0.25) is 9.48 Å². The average Bonchev–Trinajstić information content (AvgIpc) is 2.78. The fourth-order valence-electron chi connectivity index (χ4n) is 1.82. The van der Waals surface area contributed by atoms with Crippen LogP contribution in [0.25, 0.3) is 0 Å². The SMILES string of the molecule is CCOC(=O)[C@H](CS)NC(=O)CCn1nc(C(F)(F)F)c(Br)c1C. The minimum Gasteiger partial charge on any atom is -0.464 e. The predicted octanol–water partition coefficient (Wildman–Crippen LogP) is 2.34. The van der Waals surface area contributed by atoms with Gasteiger partial charge in [0.1, 0.15) is 6.04 Å². The largest absolute Gasteiger partial charge is 0.464 e. The van der Waals surface area contributed by atoms with E-state index in [1.165, 1.54) is 6.92 Å².